The lowest BCUT2D eigenvalue weighted by Gasteiger charge is -2.27. The van der Waals surface area contributed by atoms with Crippen molar-refractivity contribution in [1.29, 1.82) is 0 Å². The molecule has 1 aliphatic rings. The van der Waals surface area contributed by atoms with E-state index in [-0.39, 0.29) is 5.41 Å². The summed E-state index contributed by atoms with van der Waals surface area (Å²) in [7, 11) is 0. The second-order valence-electron chi connectivity index (χ2n) is 7.98. The Kier molecular flexibility index (Phi) is 7.31. The monoisotopic (exact) mass is 399 g/mol. The zero-order chi connectivity index (χ0) is 19.8. The molecular weight excluding hydrogens is 366 g/mol. The molecule has 2 aromatic rings. The summed E-state index contributed by atoms with van der Waals surface area (Å²) in [5.41, 5.74) is 1.27. The van der Waals surface area contributed by atoms with Gasteiger partial charge in [-0.3, -0.25) is 0 Å². The largest absolute Gasteiger partial charge is 0.357 e. The summed E-state index contributed by atoms with van der Waals surface area (Å²) in [5.74, 6) is 1.95. The average Bonchev–Trinajstić information content (AvgIpc) is 3.27. The Balaban J connectivity index is 1.62. The molecule has 5 nitrogen and oxygen atoms in total. The third-order valence-corrected chi connectivity index (χ3v) is 6.38. The summed E-state index contributed by atoms with van der Waals surface area (Å²) in [4.78, 5) is 13.2. The zero-order valence-electron chi connectivity index (χ0n) is 17.4. The molecule has 1 aliphatic heterocycles. The Morgan fingerprint density at radius 1 is 1.21 bits per heavy atom. The fourth-order valence-electron chi connectivity index (χ4n) is 3.42. The number of aliphatic imine (C=N–C) groups is 1. The Morgan fingerprint density at radius 2 is 2.04 bits per heavy atom. The molecule has 0 bridgehead atoms. The Morgan fingerprint density at radius 3 is 2.75 bits per heavy atom. The molecule has 0 radical (unpaired) electrons. The van der Waals surface area contributed by atoms with Gasteiger partial charge in [-0.15, -0.1) is 11.3 Å². The molecule has 152 valence electrons. The van der Waals surface area contributed by atoms with Gasteiger partial charge < -0.3 is 15.5 Å². The van der Waals surface area contributed by atoms with Crippen LogP contribution >= 0.6 is 11.3 Å². The Hall–Kier alpha value is -2.08. The molecular formula is C22H33N5S. The van der Waals surface area contributed by atoms with Gasteiger partial charge in [0.1, 0.15) is 5.82 Å². The first-order valence-electron chi connectivity index (χ1n) is 10.3. The molecule has 0 spiro atoms. The van der Waals surface area contributed by atoms with Crippen LogP contribution in [0.15, 0.2) is 40.8 Å². The zero-order valence-corrected chi connectivity index (χ0v) is 18.2. The van der Waals surface area contributed by atoms with Crippen LogP contribution < -0.4 is 15.5 Å². The number of thiophene rings is 1. The van der Waals surface area contributed by atoms with Crippen molar-refractivity contribution in [3.63, 3.8) is 0 Å². The van der Waals surface area contributed by atoms with Crippen LogP contribution in [-0.2, 0) is 12.0 Å². The number of rotatable bonds is 7. The number of hydrogen-bond acceptors (Lipinski definition) is 4. The summed E-state index contributed by atoms with van der Waals surface area (Å²) in [5, 5.41) is 9.02. The molecule has 2 aromatic heterocycles. The van der Waals surface area contributed by atoms with E-state index in [4.69, 9.17) is 4.99 Å². The molecule has 3 rings (SSSR count). The van der Waals surface area contributed by atoms with Crippen molar-refractivity contribution < 1.29 is 0 Å². The maximum Gasteiger partial charge on any atom is 0.191 e. The van der Waals surface area contributed by atoms with E-state index >= 15 is 0 Å². The van der Waals surface area contributed by atoms with Crippen LogP contribution in [-0.4, -0.2) is 37.1 Å². The molecule has 0 amide bonds. The molecule has 0 aliphatic carbocycles. The maximum atomic E-state index is 4.81. The third-order valence-electron chi connectivity index (χ3n) is 5.14. The molecule has 0 atom stereocenters. The van der Waals surface area contributed by atoms with Crippen molar-refractivity contribution in [3.05, 3.63) is 46.3 Å². The van der Waals surface area contributed by atoms with Gasteiger partial charge in [0, 0.05) is 42.7 Å². The van der Waals surface area contributed by atoms with E-state index in [9.17, 15) is 0 Å². The lowest BCUT2D eigenvalue weighted by atomic mass is 9.91. The highest BCUT2D eigenvalue weighted by Gasteiger charge is 2.22. The van der Waals surface area contributed by atoms with Crippen LogP contribution in [0.2, 0.25) is 0 Å². The van der Waals surface area contributed by atoms with E-state index in [2.05, 4.69) is 70.9 Å². The summed E-state index contributed by atoms with van der Waals surface area (Å²) < 4.78 is 0. The first-order chi connectivity index (χ1) is 13.6. The van der Waals surface area contributed by atoms with Gasteiger partial charge in [0.15, 0.2) is 5.96 Å². The fraction of sp³-hybridized carbons (Fsp3) is 0.545. The van der Waals surface area contributed by atoms with Crippen molar-refractivity contribution in [2.24, 2.45) is 4.99 Å². The maximum absolute atomic E-state index is 4.81. The van der Waals surface area contributed by atoms with Crippen LogP contribution in [0.25, 0.3) is 0 Å². The Labute approximate surface area is 173 Å². The lowest BCUT2D eigenvalue weighted by Crippen LogP contribution is -2.43. The first-order valence-corrected chi connectivity index (χ1v) is 11.2. The summed E-state index contributed by atoms with van der Waals surface area (Å²) >= 11 is 1.81. The predicted molar refractivity (Wildman–Crippen MR) is 120 cm³/mol. The van der Waals surface area contributed by atoms with E-state index < -0.39 is 0 Å². The van der Waals surface area contributed by atoms with Crippen LogP contribution in [0.3, 0.4) is 0 Å². The summed E-state index contributed by atoms with van der Waals surface area (Å²) in [6.07, 6.45) is 5.77. The third kappa shape index (κ3) is 5.71. The predicted octanol–water partition coefficient (Wildman–Crippen LogP) is 4.17. The smallest absolute Gasteiger partial charge is 0.191 e. The molecule has 0 aromatic carbocycles. The molecule has 2 N–H and O–H groups in total. The van der Waals surface area contributed by atoms with Crippen LogP contribution in [0.4, 0.5) is 5.82 Å². The van der Waals surface area contributed by atoms with Crippen molar-refractivity contribution in [3.8, 4) is 0 Å². The topological polar surface area (TPSA) is 52.6 Å². The van der Waals surface area contributed by atoms with E-state index in [0.717, 1.165) is 38.0 Å². The minimum atomic E-state index is 0.0719. The van der Waals surface area contributed by atoms with Crippen LogP contribution in [0, 0.1) is 0 Å². The molecule has 1 fully saturated rings. The van der Waals surface area contributed by atoms with Gasteiger partial charge in [-0.25, -0.2) is 9.98 Å². The number of guanidine groups is 1. The number of nitrogens with zero attached hydrogens (tertiary/aromatic N) is 3. The minimum absolute atomic E-state index is 0.0719. The number of nitrogens with one attached hydrogen (secondary N) is 2. The standard InChI is InChI=1S/C22H33N5S/c1-4-23-21(26-17-22(2,3)19-9-8-14-28-19)25-16-18-10-11-24-20(15-18)27-12-6-5-7-13-27/h8-11,14-15H,4-7,12-13,16-17H2,1-3H3,(H2,23,25,26). The number of pyridine rings is 1. The molecule has 0 saturated carbocycles. The second kappa shape index (κ2) is 9.92. The van der Waals surface area contributed by atoms with Crippen molar-refractivity contribution in [2.75, 3.05) is 31.1 Å². The molecule has 3 heterocycles. The van der Waals surface area contributed by atoms with Gasteiger partial charge in [-0.1, -0.05) is 19.9 Å². The van der Waals surface area contributed by atoms with Gasteiger partial charge >= 0.3 is 0 Å². The minimum Gasteiger partial charge on any atom is -0.357 e. The number of aromatic nitrogens is 1. The van der Waals surface area contributed by atoms with Gasteiger partial charge in [-0.05, 0) is 55.3 Å². The summed E-state index contributed by atoms with van der Waals surface area (Å²) in [6.45, 7) is 11.2. The van der Waals surface area contributed by atoms with Gasteiger partial charge in [0.25, 0.3) is 0 Å². The fourth-order valence-corrected chi connectivity index (χ4v) is 4.27. The van der Waals surface area contributed by atoms with E-state index in [1.807, 2.05) is 17.5 Å². The highest BCUT2D eigenvalue weighted by molar-refractivity contribution is 7.10. The average molecular weight is 400 g/mol. The van der Waals surface area contributed by atoms with Crippen LogP contribution in [0.1, 0.15) is 50.5 Å². The van der Waals surface area contributed by atoms with Gasteiger partial charge in [0.05, 0.1) is 6.54 Å². The quantitative estimate of drug-likeness (QED) is 0.542. The SMILES string of the molecule is CCNC(=NCc1ccnc(N2CCCCC2)c1)NCC(C)(C)c1cccs1. The van der Waals surface area contributed by atoms with E-state index in [1.165, 1.54) is 29.7 Å². The van der Waals surface area contributed by atoms with Gasteiger partial charge in [-0.2, -0.15) is 0 Å². The first kappa shape index (κ1) is 20.6. The van der Waals surface area contributed by atoms with Crippen molar-refractivity contribution >= 4 is 23.1 Å². The number of anilines is 1. The normalized spacial score (nSPS) is 15.5. The number of piperidine rings is 1. The van der Waals surface area contributed by atoms with Crippen molar-refractivity contribution in [1.82, 2.24) is 15.6 Å². The lowest BCUT2D eigenvalue weighted by molar-refractivity contribution is 0.518. The second-order valence-corrected chi connectivity index (χ2v) is 8.93. The summed E-state index contributed by atoms with van der Waals surface area (Å²) in [6, 6.07) is 8.57. The molecule has 1 saturated heterocycles. The number of hydrogen-bond donors (Lipinski definition) is 2. The highest BCUT2D eigenvalue weighted by Crippen LogP contribution is 2.26. The van der Waals surface area contributed by atoms with E-state index in [0.29, 0.717) is 6.54 Å². The molecule has 6 heteroatoms. The molecule has 28 heavy (non-hydrogen) atoms. The van der Waals surface area contributed by atoms with Gasteiger partial charge in [0.2, 0.25) is 0 Å². The van der Waals surface area contributed by atoms with Crippen LogP contribution in [0.5, 0.6) is 0 Å². The molecule has 0 unspecified atom stereocenters. The highest BCUT2D eigenvalue weighted by atomic mass is 32.1. The Bertz CT molecular complexity index is 748. The van der Waals surface area contributed by atoms with E-state index in [1.54, 1.807) is 0 Å². The van der Waals surface area contributed by atoms with Crippen molar-refractivity contribution in [2.45, 2.75) is 52.0 Å².